The average Bonchev–Trinajstić information content (AvgIpc) is 2.60. The molecule has 23 heavy (non-hydrogen) atoms. The van der Waals surface area contributed by atoms with E-state index in [0.717, 1.165) is 31.2 Å². The number of nitrogens with zero attached hydrogens (tertiary/aromatic N) is 1. The molecule has 0 aromatic heterocycles. The Bertz CT molecular complexity index is 626. The minimum absolute atomic E-state index is 0.0998. The molecule has 1 fully saturated rings. The Labute approximate surface area is 136 Å². The van der Waals surface area contributed by atoms with Crippen LogP contribution in [0.1, 0.15) is 37.7 Å². The van der Waals surface area contributed by atoms with Gasteiger partial charge < -0.3 is 14.8 Å². The van der Waals surface area contributed by atoms with Gasteiger partial charge in [0.15, 0.2) is 11.5 Å². The molecule has 0 radical (unpaired) electrons. The van der Waals surface area contributed by atoms with Gasteiger partial charge >= 0.3 is 0 Å². The summed E-state index contributed by atoms with van der Waals surface area (Å²) >= 11 is 0. The smallest absolute Gasteiger partial charge is 0.262 e. The van der Waals surface area contributed by atoms with E-state index in [1.54, 1.807) is 38.5 Å². The highest BCUT2D eigenvalue weighted by molar-refractivity contribution is 6.01. The fourth-order valence-corrected chi connectivity index (χ4v) is 2.77. The highest BCUT2D eigenvalue weighted by atomic mass is 16.5. The van der Waals surface area contributed by atoms with Gasteiger partial charge in [-0.15, -0.1) is 0 Å². The number of rotatable bonds is 5. The lowest BCUT2D eigenvalue weighted by Crippen LogP contribution is -2.36. The second kappa shape index (κ2) is 8.23. The molecule has 0 aliphatic heterocycles. The van der Waals surface area contributed by atoms with E-state index in [9.17, 15) is 10.1 Å². The highest BCUT2D eigenvalue weighted by Crippen LogP contribution is 2.28. The summed E-state index contributed by atoms with van der Waals surface area (Å²) in [5.41, 5.74) is 0.820. The maximum atomic E-state index is 12.3. The van der Waals surface area contributed by atoms with Crippen molar-refractivity contribution in [1.29, 1.82) is 5.26 Å². The molecule has 0 atom stereocenters. The van der Waals surface area contributed by atoms with E-state index in [2.05, 4.69) is 5.32 Å². The molecule has 1 amide bonds. The summed E-state index contributed by atoms with van der Waals surface area (Å²) in [5, 5.41) is 12.2. The second-order valence-electron chi connectivity index (χ2n) is 5.59. The van der Waals surface area contributed by atoms with E-state index in [-0.39, 0.29) is 17.5 Å². The molecule has 1 saturated carbocycles. The molecule has 1 aromatic rings. The lowest BCUT2D eigenvalue weighted by Gasteiger charge is -2.22. The number of hydrogen-bond donors (Lipinski definition) is 1. The maximum Gasteiger partial charge on any atom is 0.262 e. The standard InChI is InChI=1S/C18H22N2O3/c1-22-16-9-8-13(11-17(16)23-2)10-14(12-19)18(21)20-15-6-4-3-5-7-15/h8-11,15H,3-7H2,1-2H3,(H,20,21). The Morgan fingerprint density at radius 3 is 2.52 bits per heavy atom. The number of nitriles is 1. The molecule has 5 nitrogen and oxygen atoms in total. The summed E-state index contributed by atoms with van der Waals surface area (Å²) in [6.07, 6.45) is 7.03. The lowest BCUT2D eigenvalue weighted by molar-refractivity contribution is -0.117. The zero-order valence-electron chi connectivity index (χ0n) is 13.6. The zero-order valence-corrected chi connectivity index (χ0v) is 13.6. The maximum absolute atomic E-state index is 12.3. The zero-order chi connectivity index (χ0) is 16.7. The Balaban J connectivity index is 2.14. The van der Waals surface area contributed by atoms with Crippen molar-refractivity contribution in [2.24, 2.45) is 0 Å². The van der Waals surface area contributed by atoms with Crippen LogP contribution in [0.15, 0.2) is 23.8 Å². The average molecular weight is 314 g/mol. The van der Waals surface area contributed by atoms with Crippen LogP contribution in [0.4, 0.5) is 0 Å². The van der Waals surface area contributed by atoms with E-state index in [4.69, 9.17) is 9.47 Å². The summed E-state index contributed by atoms with van der Waals surface area (Å²) in [7, 11) is 3.11. The minimum atomic E-state index is -0.311. The van der Waals surface area contributed by atoms with Gasteiger partial charge in [0, 0.05) is 6.04 Å². The van der Waals surface area contributed by atoms with Crippen molar-refractivity contribution in [2.45, 2.75) is 38.1 Å². The lowest BCUT2D eigenvalue weighted by atomic mass is 9.95. The molecular weight excluding hydrogens is 292 g/mol. The number of carbonyl (C=O) groups excluding carboxylic acids is 1. The van der Waals surface area contributed by atoms with Crippen molar-refractivity contribution < 1.29 is 14.3 Å². The Hall–Kier alpha value is -2.48. The van der Waals surface area contributed by atoms with Crippen molar-refractivity contribution in [3.8, 4) is 17.6 Å². The fourth-order valence-electron chi connectivity index (χ4n) is 2.77. The number of nitrogens with one attached hydrogen (secondary N) is 1. The summed E-state index contributed by atoms with van der Waals surface area (Å²) in [5.74, 6) is 0.857. The van der Waals surface area contributed by atoms with Crippen molar-refractivity contribution in [1.82, 2.24) is 5.32 Å². The SMILES string of the molecule is COc1ccc(C=C(C#N)C(=O)NC2CCCCC2)cc1OC. The molecule has 122 valence electrons. The van der Waals surface area contributed by atoms with E-state index in [0.29, 0.717) is 11.5 Å². The number of amides is 1. The fraction of sp³-hybridized carbons (Fsp3) is 0.444. The molecule has 0 bridgehead atoms. The van der Waals surface area contributed by atoms with Gasteiger partial charge in [-0.05, 0) is 36.6 Å². The second-order valence-corrected chi connectivity index (χ2v) is 5.59. The predicted octanol–water partition coefficient (Wildman–Crippen LogP) is 3.06. The van der Waals surface area contributed by atoms with E-state index in [1.165, 1.54) is 6.42 Å². The van der Waals surface area contributed by atoms with Crippen LogP contribution in [0.25, 0.3) is 6.08 Å². The Morgan fingerprint density at radius 1 is 1.22 bits per heavy atom. The Morgan fingerprint density at radius 2 is 1.91 bits per heavy atom. The van der Waals surface area contributed by atoms with Gasteiger partial charge in [0.1, 0.15) is 11.6 Å². The van der Waals surface area contributed by atoms with Crippen LogP contribution < -0.4 is 14.8 Å². The highest BCUT2D eigenvalue weighted by Gasteiger charge is 2.18. The molecule has 2 rings (SSSR count). The molecule has 1 aliphatic rings. The molecule has 1 N–H and O–H groups in total. The van der Waals surface area contributed by atoms with Crippen LogP contribution in [0, 0.1) is 11.3 Å². The first-order chi connectivity index (χ1) is 11.2. The van der Waals surface area contributed by atoms with Gasteiger partial charge in [-0.3, -0.25) is 4.79 Å². The van der Waals surface area contributed by atoms with Gasteiger partial charge in [0.2, 0.25) is 0 Å². The van der Waals surface area contributed by atoms with E-state index < -0.39 is 0 Å². The van der Waals surface area contributed by atoms with Crippen molar-refractivity contribution in [2.75, 3.05) is 14.2 Å². The van der Waals surface area contributed by atoms with Crippen molar-refractivity contribution >= 4 is 12.0 Å². The van der Waals surface area contributed by atoms with Crippen LogP contribution in [0.5, 0.6) is 11.5 Å². The number of ether oxygens (including phenoxy) is 2. The van der Waals surface area contributed by atoms with Crippen LogP contribution in [-0.2, 0) is 4.79 Å². The number of benzene rings is 1. The predicted molar refractivity (Wildman–Crippen MR) is 88.2 cm³/mol. The molecule has 1 aliphatic carbocycles. The van der Waals surface area contributed by atoms with Crippen LogP contribution in [-0.4, -0.2) is 26.2 Å². The molecule has 5 heteroatoms. The Kier molecular flexibility index (Phi) is 6.04. The first-order valence-electron chi connectivity index (χ1n) is 7.82. The summed E-state index contributed by atoms with van der Waals surface area (Å²) in [6.45, 7) is 0. The van der Waals surface area contributed by atoms with Gasteiger partial charge in [-0.2, -0.15) is 5.26 Å². The van der Waals surface area contributed by atoms with Gasteiger partial charge in [-0.1, -0.05) is 25.3 Å². The molecule has 0 spiro atoms. The minimum Gasteiger partial charge on any atom is -0.493 e. The van der Waals surface area contributed by atoms with E-state index in [1.807, 2.05) is 6.07 Å². The third-order valence-corrected chi connectivity index (χ3v) is 4.02. The first-order valence-corrected chi connectivity index (χ1v) is 7.82. The quantitative estimate of drug-likeness (QED) is 0.670. The molecule has 0 heterocycles. The largest absolute Gasteiger partial charge is 0.493 e. The van der Waals surface area contributed by atoms with Crippen LogP contribution in [0.3, 0.4) is 0 Å². The van der Waals surface area contributed by atoms with Gasteiger partial charge in [0.25, 0.3) is 5.91 Å². The summed E-state index contributed by atoms with van der Waals surface area (Å²) < 4.78 is 10.4. The van der Waals surface area contributed by atoms with Crippen molar-refractivity contribution in [3.05, 3.63) is 29.3 Å². The monoisotopic (exact) mass is 314 g/mol. The third-order valence-electron chi connectivity index (χ3n) is 4.02. The molecule has 1 aromatic carbocycles. The summed E-state index contributed by atoms with van der Waals surface area (Å²) in [6, 6.07) is 7.44. The van der Waals surface area contributed by atoms with Crippen LogP contribution in [0.2, 0.25) is 0 Å². The molecular formula is C18H22N2O3. The number of carbonyl (C=O) groups is 1. The van der Waals surface area contributed by atoms with Crippen molar-refractivity contribution in [3.63, 3.8) is 0 Å². The number of methoxy groups -OCH3 is 2. The third kappa shape index (κ3) is 4.49. The van der Waals surface area contributed by atoms with Gasteiger partial charge in [0.05, 0.1) is 14.2 Å². The topological polar surface area (TPSA) is 71.3 Å². The molecule has 0 unspecified atom stereocenters. The van der Waals surface area contributed by atoms with E-state index >= 15 is 0 Å². The first kappa shape index (κ1) is 16.9. The number of hydrogen-bond acceptors (Lipinski definition) is 4. The van der Waals surface area contributed by atoms with Gasteiger partial charge in [-0.25, -0.2) is 0 Å². The summed E-state index contributed by atoms with van der Waals surface area (Å²) in [4.78, 5) is 12.3. The molecule has 0 saturated heterocycles. The normalized spacial score (nSPS) is 15.6. The van der Waals surface area contributed by atoms with Crippen LogP contribution >= 0.6 is 0 Å².